The number of carbonyl (C=O) groups excluding carboxylic acids is 2. The maximum absolute atomic E-state index is 13.5. The Labute approximate surface area is 226 Å². The molecule has 1 aliphatic carbocycles. The van der Waals surface area contributed by atoms with Gasteiger partial charge in [-0.05, 0) is 77.5 Å². The Morgan fingerprint density at radius 3 is 2.39 bits per heavy atom. The predicted octanol–water partition coefficient (Wildman–Crippen LogP) is 4.98. The van der Waals surface area contributed by atoms with E-state index < -0.39 is 5.60 Å². The van der Waals surface area contributed by atoms with Gasteiger partial charge in [-0.15, -0.1) is 0 Å². The van der Waals surface area contributed by atoms with Crippen molar-refractivity contribution in [1.29, 1.82) is 0 Å². The van der Waals surface area contributed by atoms with Crippen LogP contribution in [0.5, 0.6) is 0 Å². The van der Waals surface area contributed by atoms with Gasteiger partial charge in [0.05, 0.1) is 23.1 Å². The van der Waals surface area contributed by atoms with Crippen molar-refractivity contribution in [2.75, 3.05) is 32.7 Å². The fourth-order valence-corrected chi connectivity index (χ4v) is 6.33. The van der Waals surface area contributed by atoms with E-state index in [0.717, 1.165) is 49.8 Å². The number of likely N-dealkylation sites (tertiary alicyclic amines) is 2. The molecule has 0 radical (unpaired) electrons. The highest BCUT2D eigenvalue weighted by Gasteiger charge is 2.33. The number of aromatic nitrogens is 2. The van der Waals surface area contributed by atoms with Crippen LogP contribution < -0.4 is 5.32 Å². The molecule has 2 aromatic rings. The first-order chi connectivity index (χ1) is 18.3. The third-order valence-electron chi connectivity index (χ3n) is 8.29. The number of piperidine rings is 1. The fourth-order valence-electron chi connectivity index (χ4n) is 6.33. The van der Waals surface area contributed by atoms with Crippen molar-refractivity contribution in [3.63, 3.8) is 0 Å². The van der Waals surface area contributed by atoms with Crippen molar-refractivity contribution in [1.82, 2.24) is 24.9 Å². The molecule has 1 aromatic heterocycles. The average Bonchev–Trinajstić information content (AvgIpc) is 3.67. The van der Waals surface area contributed by atoms with Crippen LogP contribution >= 0.6 is 0 Å². The Balaban J connectivity index is 1.27. The van der Waals surface area contributed by atoms with E-state index in [1.807, 2.05) is 55.8 Å². The number of carbonyl (C=O) groups is 2. The number of nitrogens with one attached hydrogen (secondary N) is 1. The highest BCUT2D eigenvalue weighted by Crippen LogP contribution is 2.33. The molecule has 1 atom stereocenters. The summed E-state index contributed by atoms with van der Waals surface area (Å²) in [5.74, 6) is 0.585. The first kappa shape index (κ1) is 26.7. The number of hydrogen-bond donors (Lipinski definition) is 1. The number of benzene rings is 1. The lowest BCUT2D eigenvalue weighted by Crippen LogP contribution is -2.41. The molecule has 3 heterocycles. The van der Waals surface area contributed by atoms with Crippen LogP contribution in [0.15, 0.2) is 36.5 Å². The number of ether oxygens (including phenoxy) is 1. The molecule has 2 amide bonds. The van der Waals surface area contributed by atoms with Gasteiger partial charge >= 0.3 is 6.09 Å². The molecule has 0 bridgehead atoms. The molecule has 1 N–H and O–H groups in total. The summed E-state index contributed by atoms with van der Waals surface area (Å²) < 4.78 is 7.50. The van der Waals surface area contributed by atoms with E-state index in [0.29, 0.717) is 31.1 Å². The Bertz CT molecular complexity index is 1090. The minimum Gasteiger partial charge on any atom is -0.444 e. The van der Waals surface area contributed by atoms with Gasteiger partial charge in [0.1, 0.15) is 5.60 Å². The Morgan fingerprint density at radius 1 is 1.00 bits per heavy atom. The number of amides is 2. The number of para-hydroxylation sites is 1. The van der Waals surface area contributed by atoms with E-state index in [9.17, 15) is 9.59 Å². The summed E-state index contributed by atoms with van der Waals surface area (Å²) in [6.07, 6.45) is 9.48. The lowest BCUT2D eigenvalue weighted by atomic mass is 9.90. The third-order valence-corrected chi connectivity index (χ3v) is 8.29. The standard InChI is InChI=1S/C30H43N5O3/c1-30(2,3)38-29(37)33-17-14-23(15-18-33)27-26(20-32-35(27)25-11-5-4-6-12-25)28(36)31-19-22-13-16-34(21-22)24-9-7-8-10-24/h4-6,11-12,20,22-24H,7-10,13-19,21H2,1-3H3,(H,31,36)/t22-/m0/s1. The van der Waals surface area contributed by atoms with Crippen LogP contribution in [0, 0.1) is 5.92 Å². The van der Waals surface area contributed by atoms with Crippen molar-refractivity contribution < 1.29 is 14.3 Å². The second-order valence-electron chi connectivity index (χ2n) is 12.2. The van der Waals surface area contributed by atoms with Gasteiger partial charge in [0, 0.05) is 38.1 Å². The van der Waals surface area contributed by atoms with Crippen LogP contribution in [-0.2, 0) is 4.74 Å². The summed E-state index contributed by atoms with van der Waals surface area (Å²) in [5, 5.41) is 7.92. The summed E-state index contributed by atoms with van der Waals surface area (Å²) in [6.45, 7) is 9.80. The van der Waals surface area contributed by atoms with Crippen LogP contribution in [0.3, 0.4) is 0 Å². The minimum absolute atomic E-state index is 0.0453. The Morgan fingerprint density at radius 2 is 1.71 bits per heavy atom. The van der Waals surface area contributed by atoms with E-state index in [1.54, 1.807) is 11.1 Å². The minimum atomic E-state index is -0.515. The van der Waals surface area contributed by atoms with Crippen molar-refractivity contribution >= 4 is 12.0 Å². The van der Waals surface area contributed by atoms with Gasteiger partial charge in [0.25, 0.3) is 5.91 Å². The molecule has 1 aromatic carbocycles. The molecule has 1 saturated carbocycles. The maximum atomic E-state index is 13.5. The van der Waals surface area contributed by atoms with Crippen molar-refractivity contribution in [3.05, 3.63) is 47.8 Å². The van der Waals surface area contributed by atoms with Gasteiger partial charge in [-0.25, -0.2) is 9.48 Å². The zero-order valence-corrected chi connectivity index (χ0v) is 23.2. The van der Waals surface area contributed by atoms with Crippen LogP contribution in [0.4, 0.5) is 4.79 Å². The largest absolute Gasteiger partial charge is 0.444 e. The van der Waals surface area contributed by atoms with Gasteiger partial charge < -0.3 is 19.9 Å². The number of nitrogens with zero attached hydrogens (tertiary/aromatic N) is 4. The molecule has 8 nitrogen and oxygen atoms in total. The van der Waals surface area contributed by atoms with Crippen LogP contribution in [-0.4, -0.2) is 75.9 Å². The summed E-state index contributed by atoms with van der Waals surface area (Å²) in [5.41, 5.74) is 2.02. The third kappa shape index (κ3) is 6.22. The average molecular weight is 522 g/mol. The summed E-state index contributed by atoms with van der Waals surface area (Å²) in [7, 11) is 0. The van der Waals surface area contributed by atoms with Gasteiger partial charge in [-0.3, -0.25) is 4.79 Å². The van der Waals surface area contributed by atoms with E-state index >= 15 is 0 Å². The molecule has 3 fully saturated rings. The normalized spacial score (nSPS) is 21.7. The first-order valence-corrected chi connectivity index (χ1v) is 14.4. The summed E-state index contributed by atoms with van der Waals surface area (Å²) >= 11 is 0. The summed E-state index contributed by atoms with van der Waals surface area (Å²) in [4.78, 5) is 30.5. The summed E-state index contributed by atoms with van der Waals surface area (Å²) in [6, 6.07) is 10.7. The topological polar surface area (TPSA) is 79.7 Å². The van der Waals surface area contributed by atoms with Gasteiger partial charge in [0.15, 0.2) is 0 Å². The molecule has 38 heavy (non-hydrogen) atoms. The van der Waals surface area contributed by atoms with E-state index in [2.05, 4.69) is 15.3 Å². The highest BCUT2D eigenvalue weighted by atomic mass is 16.6. The maximum Gasteiger partial charge on any atom is 0.410 e. The van der Waals surface area contributed by atoms with E-state index in [1.165, 1.54) is 25.7 Å². The van der Waals surface area contributed by atoms with Crippen LogP contribution in [0.25, 0.3) is 5.69 Å². The second-order valence-corrected chi connectivity index (χ2v) is 12.2. The van der Waals surface area contributed by atoms with E-state index in [-0.39, 0.29) is 17.9 Å². The zero-order valence-electron chi connectivity index (χ0n) is 23.2. The second kappa shape index (κ2) is 11.5. The zero-order chi connectivity index (χ0) is 26.7. The number of hydrogen-bond acceptors (Lipinski definition) is 5. The quantitative estimate of drug-likeness (QED) is 0.580. The highest BCUT2D eigenvalue weighted by molar-refractivity contribution is 5.95. The van der Waals surface area contributed by atoms with Crippen LogP contribution in [0.1, 0.15) is 87.7 Å². The molecular formula is C30H43N5O3. The number of rotatable bonds is 6. The SMILES string of the molecule is CC(C)(C)OC(=O)N1CCC(c2c(C(=O)NC[C@@H]3CCN(C4CCCC4)C3)cnn2-c2ccccc2)CC1. The van der Waals surface area contributed by atoms with Crippen molar-refractivity contribution in [3.8, 4) is 5.69 Å². The molecule has 5 rings (SSSR count). The molecule has 2 aliphatic heterocycles. The van der Waals surface area contributed by atoms with E-state index in [4.69, 9.17) is 4.74 Å². The van der Waals surface area contributed by atoms with Crippen molar-refractivity contribution in [2.45, 2.75) is 83.3 Å². The molecule has 206 valence electrons. The molecule has 0 unspecified atom stereocenters. The predicted molar refractivity (Wildman–Crippen MR) is 148 cm³/mol. The molecular weight excluding hydrogens is 478 g/mol. The van der Waals surface area contributed by atoms with Gasteiger partial charge in [0.2, 0.25) is 0 Å². The Kier molecular flexibility index (Phi) is 8.07. The van der Waals surface area contributed by atoms with Crippen molar-refractivity contribution in [2.24, 2.45) is 5.92 Å². The monoisotopic (exact) mass is 521 g/mol. The molecule has 2 saturated heterocycles. The van der Waals surface area contributed by atoms with Crippen LogP contribution in [0.2, 0.25) is 0 Å². The lowest BCUT2D eigenvalue weighted by Gasteiger charge is -2.34. The Hall–Kier alpha value is -2.87. The van der Waals surface area contributed by atoms with Gasteiger partial charge in [-0.1, -0.05) is 31.0 Å². The lowest BCUT2D eigenvalue weighted by molar-refractivity contribution is 0.0203. The van der Waals surface area contributed by atoms with Gasteiger partial charge in [-0.2, -0.15) is 5.10 Å². The first-order valence-electron chi connectivity index (χ1n) is 14.4. The fraction of sp³-hybridized carbons (Fsp3) is 0.633. The molecule has 0 spiro atoms. The molecule has 8 heteroatoms. The smallest absolute Gasteiger partial charge is 0.410 e. The molecule has 3 aliphatic rings.